The molecule has 0 unspecified atom stereocenters. The third-order valence-corrected chi connectivity index (χ3v) is 5.52. The highest BCUT2D eigenvalue weighted by molar-refractivity contribution is 7.11. The normalized spacial score (nSPS) is 15.6. The summed E-state index contributed by atoms with van der Waals surface area (Å²) in [7, 11) is 0. The predicted molar refractivity (Wildman–Crippen MR) is 95.0 cm³/mol. The third-order valence-electron chi connectivity index (χ3n) is 4.52. The third kappa shape index (κ3) is 3.07. The van der Waals surface area contributed by atoms with Gasteiger partial charge in [-0.05, 0) is 31.9 Å². The molecule has 0 atom stereocenters. The van der Waals surface area contributed by atoms with Crippen molar-refractivity contribution in [2.75, 3.05) is 13.1 Å². The summed E-state index contributed by atoms with van der Waals surface area (Å²) >= 11 is 1.62. The van der Waals surface area contributed by atoms with Crippen LogP contribution in [0.3, 0.4) is 0 Å². The number of hydrogen-bond donors (Lipinski definition) is 0. The summed E-state index contributed by atoms with van der Waals surface area (Å²) in [4.78, 5) is 26.6. The molecule has 0 bridgehead atoms. The average molecular weight is 355 g/mol. The van der Waals surface area contributed by atoms with Crippen LogP contribution in [0, 0.1) is 6.92 Å². The van der Waals surface area contributed by atoms with Crippen LogP contribution >= 0.6 is 11.3 Å². The Hall–Kier alpha value is -2.54. The number of hydrogen-bond acceptors (Lipinski definition) is 6. The SMILES string of the molecule is Cc1nnc(C2CCN(C(=O)c3cc(=O)c4ccccc4o3)CC2)s1. The van der Waals surface area contributed by atoms with Crippen LogP contribution in [0.2, 0.25) is 0 Å². The molecule has 3 heterocycles. The smallest absolute Gasteiger partial charge is 0.289 e. The van der Waals surface area contributed by atoms with Crippen LogP contribution < -0.4 is 5.43 Å². The lowest BCUT2D eigenvalue weighted by atomic mass is 9.97. The number of rotatable bonds is 2. The highest BCUT2D eigenvalue weighted by Crippen LogP contribution is 2.30. The monoisotopic (exact) mass is 355 g/mol. The van der Waals surface area contributed by atoms with Gasteiger partial charge in [0.25, 0.3) is 5.91 Å². The molecule has 1 aliphatic rings. The van der Waals surface area contributed by atoms with Gasteiger partial charge < -0.3 is 9.32 Å². The molecule has 6 nitrogen and oxygen atoms in total. The van der Waals surface area contributed by atoms with Crippen molar-refractivity contribution < 1.29 is 9.21 Å². The van der Waals surface area contributed by atoms with Crippen LogP contribution in [-0.2, 0) is 0 Å². The van der Waals surface area contributed by atoms with Crippen molar-refractivity contribution in [3.8, 4) is 0 Å². The first-order valence-corrected chi connectivity index (χ1v) is 9.05. The number of piperidine rings is 1. The van der Waals surface area contributed by atoms with Gasteiger partial charge in [0, 0.05) is 25.1 Å². The van der Waals surface area contributed by atoms with E-state index in [0.717, 1.165) is 22.9 Å². The Balaban J connectivity index is 1.51. The molecule has 4 rings (SSSR count). The van der Waals surface area contributed by atoms with E-state index in [0.29, 0.717) is 30.0 Å². The van der Waals surface area contributed by atoms with Gasteiger partial charge in [-0.25, -0.2) is 0 Å². The number of nitrogens with zero attached hydrogens (tertiary/aromatic N) is 3. The number of amides is 1. The Labute approximate surface area is 148 Å². The van der Waals surface area contributed by atoms with Crippen molar-refractivity contribution in [1.82, 2.24) is 15.1 Å². The largest absolute Gasteiger partial charge is 0.451 e. The van der Waals surface area contributed by atoms with Gasteiger partial charge in [-0.1, -0.05) is 12.1 Å². The molecule has 0 N–H and O–H groups in total. The van der Waals surface area contributed by atoms with Crippen molar-refractivity contribution in [2.24, 2.45) is 0 Å². The van der Waals surface area contributed by atoms with Crippen LogP contribution in [-0.4, -0.2) is 34.1 Å². The minimum absolute atomic E-state index is 0.105. The van der Waals surface area contributed by atoms with E-state index in [1.165, 1.54) is 6.07 Å². The highest BCUT2D eigenvalue weighted by Gasteiger charge is 2.28. The van der Waals surface area contributed by atoms with E-state index in [1.807, 2.05) is 6.92 Å². The van der Waals surface area contributed by atoms with Gasteiger partial charge in [0.15, 0.2) is 11.2 Å². The van der Waals surface area contributed by atoms with E-state index in [-0.39, 0.29) is 17.1 Å². The van der Waals surface area contributed by atoms with Gasteiger partial charge in [-0.15, -0.1) is 21.5 Å². The molecule has 25 heavy (non-hydrogen) atoms. The van der Waals surface area contributed by atoms with Gasteiger partial charge in [0.05, 0.1) is 5.39 Å². The van der Waals surface area contributed by atoms with Gasteiger partial charge in [-0.2, -0.15) is 0 Å². The fourth-order valence-electron chi connectivity index (χ4n) is 3.17. The lowest BCUT2D eigenvalue weighted by molar-refractivity contribution is 0.0681. The van der Waals surface area contributed by atoms with Crippen LogP contribution in [0.25, 0.3) is 11.0 Å². The maximum atomic E-state index is 12.7. The van der Waals surface area contributed by atoms with E-state index in [9.17, 15) is 9.59 Å². The van der Waals surface area contributed by atoms with Crippen LogP contribution in [0.15, 0.2) is 39.5 Å². The zero-order valence-electron chi connectivity index (χ0n) is 13.8. The molecule has 128 valence electrons. The summed E-state index contributed by atoms with van der Waals surface area (Å²) < 4.78 is 5.66. The van der Waals surface area contributed by atoms with Crippen molar-refractivity contribution in [2.45, 2.75) is 25.7 Å². The number of para-hydroxylation sites is 1. The second kappa shape index (κ2) is 6.40. The average Bonchev–Trinajstić information content (AvgIpc) is 3.07. The van der Waals surface area contributed by atoms with E-state index in [2.05, 4.69) is 10.2 Å². The molecule has 3 aromatic rings. The predicted octanol–water partition coefficient (Wildman–Crippen LogP) is 2.97. The lowest BCUT2D eigenvalue weighted by Crippen LogP contribution is -2.38. The first-order chi connectivity index (χ1) is 12.1. The van der Waals surface area contributed by atoms with Crippen LogP contribution in [0.5, 0.6) is 0 Å². The molecule has 1 aliphatic heterocycles. The Morgan fingerprint density at radius 2 is 2.00 bits per heavy atom. The number of benzene rings is 1. The van der Waals surface area contributed by atoms with E-state index >= 15 is 0 Å². The van der Waals surface area contributed by atoms with Crippen LogP contribution in [0.1, 0.15) is 39.3 Å². The van der Waals surface area contributed by atoms with Crippen molar-refractivity contribution in [3.63, 3.8) is 0 Å². The number of carbonyl (C=O) groups excluding carboxylic acids is 1. The fourth-order valence-corrected chi connectivity index (χ4v) is 4.04. The molecule has 0 saturated carbocycles. The quantitative estimate of drug-likeness (QED) is 0.706. The summed E-state index contributed by atoms with van der Waals surface area (Å²) in [5, 5.41) is 10.8. The summed E-state index contributed by atoms with van der Waals surface area (Å²) in [5.74, 6) is 0.225. The summed E-state index contributed by atoms with van der Waals surface area (Å²) in [5.41, 5.74) is 0.252. The zero-order chi connectivity index (χ0) is 17.4. The van der Waals surface area contributed by atoms with E-state index < -0.39 is 0 Å². The van der Waals surface area contributed by atoms with Crippen molar-refractivity contribution in [3.05, 3.63) is 56.3 Å². The number of carbonyl (C=O) groups is 1. The highest BCUT2D eigenvalue weighted by atomic mass is 32.1. The second-order valence-corrected chi connectivity index (χ2v) is 7.41. The molecular weight excluding hydrogens is 338 g/mol. The first kappa shape index (κ1) is 16.0. The molecule has 1 amide bonds. The molecule has 2 aromatic heterocycles. The van der Waals surface area contributed by atoms with E-state index in [4.69, 9.17) is 4.42 Å². The molecule has 0 aliphatic carbocycles. The molecular formula is C18H17N3O3S. The molecule has 1 saturated heterocycles. The lowest BCUT2D eigenvalue weighted by Gasteiger charge is -2.30. The second-order valence-electron chi connectivity index (χ2n) is 6.20. The Kier molecular flexibility index (Phi) is 4.09. The minimum atomic E-state index is -0.227. The topological polar surface area (TPSA) is 76.3 Å². The summed E-state index contributed by atoms with van der Waals surface area (Å²) in [6.07, 6.45) is 1.69. The number of aromatic nitrogens is 2. The Morgan fingerprint density at radius 1 is 1.24 bits per heavy atom. The zero-order valence-corrected chi connectivity index (χ0v) is 14.6. The first-order valence-electron chi connectivity index (χ1n) is 8.24. The van der Waals surface area contributed by atoms with E-state index in [1.54, 1.807) is 40.5 Å². The van der Waals surface area contributed by atoms with Crippen molar-refractivity contribution >= 4 is 28.2 Å². The number of likely N-dealkylation sites (tertiary alicyclic amines) is 1. The van der Waals surface area contributed by atoms with Crippen LogP contribution in [0.4, 0.5) is 0 Å². The standard InChI is InChI=1S/C18H17N3O3S/c1-11-19-20-17(25-11)12-6-8-21(9-7-12)18(23)16-10-14(22)13-4-2-3-5-15(13)24-16/h2-5,10,12H,6-9H2,1H3. The summed E-state index contributed by atoms with van der Waals surface area (Å²) in [6, 6.07) is 8.27. The molecule has 1 fully saturated rings. The van der Waals surface area contributed by atoms with Crippen molar-refractivity contribution in [1.29, 1.82) is 0 Å². The summed E-state index contributed by atoms with van der Waals surface area (Å²) in [6.45, 7) is 3.19. The molecule has 7 heteroatoms. The molecule has 0 radical (unpaired) electrons. The maximum absolute atomic E-state index is 12.7. The number of aryl methyl sites for hydroxylation is 1. The number of fused-ring (bicyclic) bond motifs is 1. The maximum Gasteiger partial charge on any atom is 0.289 e. The van der Waals surface area contributed by atoms with Gasteiger partial charge in [-0.3, -0.25) is 9.59 Å². The Bertz CT molecular complexity index is 986. The molecule has 0 spiro atoms. The minimum Gasteiger partial charge on any atom is -0.451 e. The fraction of sp³-hybridized carbons (Fsp3) is 0.333. The molecule has 1 aromatic carbocycles. The Morgan fingerprint density at radius 3 is 2.72 bits per heavy atom. The van der Waals surface area contributed by atoms with Gasteiger partial charge in [0.2, 0.25) is 0 Å². The van der Waals surface area contributed by atoms with Gasteiger partial charge >= 0.3 is 0 Å². The van der Waals surface area contributed by atoms with Gasteiger partial charge in [0.1, 0.15) is 15.6 Å².